The van der Waals surface area contributed by atoms with E-state index in [0.717, 1.165) is 24.0 Å². The highest BCUT2D eigenvalue weighted by atomic mass is 31.2. The van der Waals surface area contributed by atoms with Gasteiger partial charge in [0.25, 0.3) is 0 Å². The second-order valence-electron chi connectivity index (χ2n) is 19.1. The highest BCUT2D eigenvalue weighted by molar-refractivity contribution is 7.46. The van der Waals surface area contributed by atoms with Crippen LogP contribution in [0.1, 0.15) is 85.1 Å². The lowest BCUT2D eigenvalue weighted by Gasteiger charge is -2.30. The van der Waals surface area contributed by atoms with Crippen LogP contribution in [-0.2, 0) is 78.1 Å². The van der Waals surface area contributed by atoms with E-state index in [2.05, 4.69) is 47.1 Å². The van der Waals surface area contributed by atoms with Crippen LogP contribution in [-0.4, -0.2) is 180 Å². The predicted octanol–water partition coefficient (Wildman–Crippen LogP) is -6.53. The Hall–Kier alpha value is -8.29. The number of nitrogens with one attached hydrogen (secondary N) is 8. The van der Waals surface area contributed by atoms with Gasteiger partial charge in [-0.05, 0) is 48.8 Å². The van der Waals surface area contributed by atoms with Gasteiger partial charge < -0.3 is 84.5 Å². The molecule has 1 aromatic rings. The summed E-state index contributed by atoms with van der Waals surface area (Å²) in [6.45, 7) is 5.50. The lowest BCUT2D eigenvalue weighted by molar-refractivity contribution is -0.147. The van der Waals surface area contributed by atoms with E-state index in [1.807, 2.05) is 0 Å². The smallest absolute Gasteiger partial charge is 0.481 e. The highest BCUT2D eigenvalue weighted by Crippen LogP contribution is 2.37. The first-order valence-electron chi connectivity index (χ1n) is 24.6. The van der Waals surface area contributed by atoms with Crippen LogP contribution in [0.5, 0.6) is 5.75 Å². The van der Waals surface area contributed by atoms with Gasteiger partial charge in [-0.25, -0.2) is 4.57 Å². The van der Waals surface area contributed by atoms with Gasteiger partial charge >= 0.3 is 19.8 Å². The maximum Gasteiger partial charge on any atom is 0.524 e. The number of rotatable bonds is 33. The molecule has 1 fully saturated rings. The van der Waals surface area contributed by atoms with Crippen LogP contribution >= 0.6 is 7.82 Å². The van der Waals surface area contributed by atoms with Gasteiger partial charge in [-0.1, -0.05) is 39.8 Å². The first-order chi connectivity index (χ1) is 37.1. The number of primary amides is 3. The second-order valence-corrected chi connectivity index (χ2v) is 20.3. The quantitative estimate of drug-likeness (QED) is 0.0291. The average Bonchev–Trinajstić information content (AvgIpc) is 3.83. The zero-order chi connectivity index (χ0) is 60.9. The number of phosphoric ester groups is 1. The first kappa shape index (κ1) is 67.8. The standard InChI is InChI=1S/C46H69N12O21P/c1-20(2)36(44(73)51-25(38(49)67)12-13-32(47)61)57-41(70)27(16-33(48)62)53-45(74)37(21(3)4)56-40(69)26(15-23-8-10-24(11-9-23)79-80(76,77)78)52-42(71)30(19-59)55-43(72)31-7-6-14-58(31)46(75)29(18-35(65)66)54-39(68)28(17-34(63)64)50-22(5)60/h8-11,20-21,25-31,36-37,59H,6-7,12-19H2,1-5H3,(H2,47,61)(H2,48,62)(H2,49,67)(H,50,60)(H,51,73)(H,52,71)(H,53,74)(H,54,68)(H,55,72)(H,56,69)(H,57,70)(H,63,64)(H,65,66)(H2,76,77,78)/t25-,26-,27-,28-,29-,30-,31-,36-,37-/m0/s1. The van der Waals surface area contributed by atoms with E-state index in [9.17, 15) is 96.8 Å². The van der Waals surface area contributed by atoms with Crippen molar-refractivity contribution >= 4 is 90.6 Å². The molecule has 0 bridgehead atoms. The average molecular weight is 1160 g/mol. The van der Waals surface area contributed by atoms with Crippen molar-refractivity contribution in [1.82, 2.24) is 47.4 Å². The van der Waals surface area contributed by atoms with Crippen molar-refractivity contribution in [3.63, 3.8) is 0 Å². The fourth-order valence-electron chi connectivity index (χ4n) is 7.87. The van der Waals surface area contributed by atoms with Gasteiger partial charge in [-0.2, -0.15) is 0 Å². The third-order valence-electron chi connectivity index (χ3n) is 11.8. The second kappa shape index (κ2) is 31.3. The molecule has 9 atom stereocenters. The lowest BCUT2D eigenvalue weighted by Crippen LogP contribution is -2.62. The Morgan fingerprint density at radius 3 is 1.54 bits per heavy atom. The SMILES string of the molecule is CC(=O)N[C@@H](CC(=O)O)C(=O)N[C@@H](CC(=O)O)C(=O)N1CCC[C@H]1C(=O)N[C@@H](CO)C(=O)N[C@@H](Cc1ccc(OP(=O)(O)O)cc1)C(=O)N[C@H](C(=O)N[C@@H](CC(N)=O)C(=O)N[C@H](C(=O)N[C@@H](CCC(N)=O)C(N)=O)C(C)C)C(C)C. The number of carbonyl (C=O) groups is 14. The lowest BCUT2D eigenvalue weighted by atomic mass is 9.99. The molecule has 1 aliphatic rings. The summed E-state index contributed by atoms with van der Waals surface area (Å²) in [4.78, 5) is 200. The van der Waals surface area contributed by atoms with E-state index >= 15 is 0 Å². The zero-order valence-electron chi connectivity index (χ0n) is 44.1. The first-order valence-corrected chi connectivity index (χ1v) is 26.1. The van der Waals surface area contributed by atoms with Crippen molar-refractivity contribution < 1.29 is 101 Å². The molecular formula is C46H69N12O21P. The minimum atomic E-state index is -5.03. The van der Waals surface area contributed by atoms with Crippen LogP contribution in [0.2, 0.25) is 0 Å². The number of carbonyl (C=O) groups excluding carboxylic acids is 12. The van der Waals surface area contributed by atoms with Gasteiger partial charge in [0.2, 0.25) is 70.9 Å². The number of aliphatic hydroxyl groups excluding tert-OH is 1. The molecule has 0 radical (unpaired) electrons. The van der Waals surface area contributed by atoms with Gasteiger partial charge in [-0.15, -0.1) is 0 Å². The predicted molar refractivity (Wildman–Crippen MR) is 271 cm³/mol. The maximum absolute atomic E-state index is 14.3. The van der Waals surface area contributed by atoms with Crippen LogP contribution in [0.4, 0.5) is 0 Å². The molecule has 80 heavy (non-hydrogen) atoms. The molecule has 444 valence electrons. The Kier molecular flexibility index (Phi) is 26.6. The molecule has 19 N–H and O–H groups in total. The molecule has 0 saturated carbocycles. The van der Waals surface area contributed by atoms with Crippen LogP contribution in [0.3, 0.4) is 0 Å². The topological polar surface area (TPSA) is 544 Å². The Labute approximate surface area is 456 Å². The van der Waals surface area contributed by atoms with E-state index in [1.54, 1.807) is 0 Å². The monoisotopic (exact) mass is 1160 g/mol. The highest BCUT2D eigenvalue weighted by Gasteiger charge is 2.41. The summed E-state index contributed by atoms with van der Waals surface area (Å²) < 4.78 is 16.0. The van der Waals surface area contributed by atoms with Gasteiger partial charge in [0.05, 0.1) is 25.9 Å². The molecule has 2 rings (SSSR count). The van der Waals surface area contributed by atoms with Crippen molar-refractivity contribution in [3.8, 4) is 5.75 Å². The number of likely N-dealkylation sites (tertiary alicyclic amines) is 1. The number of hydrogen-bond acceptors (Lipinski definition) is 17. The van der Waals surface area contributed by atoms with E-state index in [1.165, 1.54) is 39.8 Å². The van der Waals surface area contributed by atoms with Crippen molar-refractivity contribution in [3.05, 3.63) is 29.8 Å². The summed E-state index contributed by atoms with van der Waals surface area (Å²) in [5.74, 6) is -17.8. The third kappa shape index (κ3) is 23.0. The molecule has 0 aliphatic carbocycles. The number of aliphatic carboxylic acids is 2. The van der Waals surface area contributed by atoms with Crippen molar-refractivity contribution in [1.29, 1.82) is 0 Å². The minimum absolute atomic E-state index is 0.101. The zero-order valence-corrected chi connectivity index (χ0v) is 45.0. The van der Waals surface area contributed by atoms with E-state index in [4.69, 9.17) is 17.2 Å². The van der Waals surface area contributed by atoms with E-state index in [-0.39, 0.29) is 43.5 Å². The number of carboxylic acids is 2. The van der Waals surface area contributed by atoms with Crippen LogP contribution in [0, 0.1) is 11.8 Å². The molecule has 1 heterocycles. The number of nitrogens with two attached hydrogens (primary N) is 3. The number of phosphoric acid groups is 1. The summed E-state index contributed by atoms with van der Waals surface area (Å²) in [5.41, 5.74) is 16.1. The minimum Gasteiger partial charge on any atom is -0.481 e. The van der Waals surface area contributed by atoms with Crippen LogP contribution in [0.25, 0.3) is 0 Å². The molecule has 12 amide bonds. The maximum atomic E-state index is 14.3. The summed E-state index contributed by atoms with van der Waals surface area (Å²) in [7, 11) is -5.03. The van der Waals surface area contributed by atoms with E-state index < -0.39 is 189 Å². The summed E-state index contributed by atoms with van der Waals surface area (Å²) in [6, 6.07) is -10.4. The van der Waals surface area contributed by atoms with Crippen molar-refractivity contribution in [2.45, 2.75) is 140 Å². The Morgan fingerprint density at radius 1 is 0.613 bits per heavy atom. The summed E-state index contributed by atoms with van der Waals surface area (Å²) in [5, 5.41) is 47.5. The van der Waals surface area contributed by atoms with Gasteiger partial charge in [0.15, 0.2) is 0 Å². The van der Waals surface area contributed by atoms with Gasteiger partial charge in [0.1, 0.15) is 60.1 Å². The number of aliphatic hydroxyl groups is 1. The molecule has 1 aromatic carbocycles. The number of benzene rings is 1. The normalized spacial score (nSPS) is 16.1. The number of carboxylic acid groups (broad SMARTS) is 2. The van der Waals surface area contributed by atoms with Crippen LogP contribution in [0.15, 0.2) is 24.3 Å². The molecule has 0 unspecified atom stereocenters. The van der Waals surface area contributed by atoms with Crippen molar-refractivity contribution in [2.24, 2.45) is 29.0 Å². The fraction of sp³-hybridized carbons (Fsp3) is 0.565. The van der Waals surface area contributed by atoms with Gasteiger partial charge in [-0.3, -0.25) is 76.9 Å². The third-order valence-corrected chi connectivity index (χ3v) is 12.3. The Bertz CT molecular complexity index is 2530. The largest absolute Gasteiger partial charge is 0.524 e. The van der Waals surface area contributed by atoms with E-state index in [0.29, 0.717) is 0 Å². The molecular weight excluding hydrogens is 1090 g/mol. The molecule has 34 heteroatoms. The Morgan fingerprint density at radius 2 is 1.07 bits per heavy atom. The number of hydrogen-bond donors (Lipinski definition) is 16. The number of nitrogens with zero attached hydrogens (tertiary/aromatic N) is 1. The molecule has 1 aliphatic heterocycles. The van der Waals surface area contributed by atoms with Crippen molar-refractivity contribution in [2.75, 3.05) is 13.2 Å². The Balaban J connectivity index is 2.47. The molecule has 1 saturated heterocycles. The summed E-state index contributed by atoms with van der Waals surface area (Å²) >= 11 is 0. The fourth-order valence-corrected chi connectivity index (χ4v) is 8.26. The molecule has 33 nitrogen and oxygen atoms in total. The van der Waals surface area contributed by atoms with Gasteiger partial charge in [0, 0.05) is 26.3 Å². The van der Waals surface area contributed by atoms with Crippen LogP contribution < -0.4 is 64.3 Å². The number of amides is 12. The molecule has 0 aromatic heterocycles. The molecule has 0 spiro atoms. The summed E-state index contributed by atoms with van der Waals surface area (Å²) in [6.07, 6.45) is -3.97.